The molecule has 1 amide bonds. The van der Waals surface area contributed by atoms with Crippen molar-refractivity contribution in [2.75, 3.05) is 13.7 Å². The second-order valence-electron chi connectivity index (χ2n) is 6.61. The molecule has 0 unspecified atom stereocenters. The minimum absolute atomic E-state index is 0.0727. The van der Waals surface area contributed by atoms with Gasteiger partial charge in [0.1, 0.15) is 5.75 Å². The van der Waals surface area contributed by atoms with E-state index in [1.54, 1.807) is 14.0 Å². The van der Waals surface area contributed by atoms with E-state index < -0.39 is 5.60 Å². The molecule has 1 N–H and O–H groups in total. The number of amides is 1. The van der Waals surface area contributed by atoms with Crippen molar-refractivity contribution in [3.8, 4) is 5.75 Å². The van der Waals surface area contributed by atoms with Crippen molar-refractivity contribution < 1.29 is 14.6 Å². The molecule has 120 valence electrons. The van der Waals surface area contributed by atoms with Gasteiger partial charge in [-0.05, 0) is 25.3 Å². The zero-order valence-corrected chi connectivity index (χ0v) is 13.4. The molecule has 1 heterocycles. The molecule has 1 saturated carbocycles. The lowest BCUT2D eigenvalue weighted by Crippen LogP contribution is -2.55. The van der Waals surface area contributed by atoms with Crippen molar-refractivity contribution in [1.29, 1.82) is 0 Å². The maximum atomic E-state index is 12.2. The van der Waals surface area contributed by atoms with Crippen LogP contribution in [0.4, 0.5) is 0 Å². The Kier molecular flexibility index (Phi) is 4.13. The maximum absolute atomic E-state index is 12.2. The van der Waals surface area contributed by atoms with Crippen molar-refractivity contribution >= 4 is 5.91 Å². The summed E-state index contributed by atoms with van der Waals surface area (Å²) in [4.78, 5) is 14.1. The van der Waals surface area contributed by atoms with Crippen molar-refractivity contribution in [2.24, 2.45) is 5.92 Å². The van der Waals surface area contributed by atoms with E-state index in [9.17, 15) is 9.90 Å². The second kappa shape index (κ2) is 5.92. The van der Waals surface area contributed by atoms with E-state index in [1.165, 1.54) is 0 Å². The molecular weight excluding hydrogens is 278 g/mol. The average molecular weight is 303 g/mol. The van der Waals surface area contributed by atoms with Gasteiger partial charge in [0, 0.05) is 24.9 Å². The maximum Gasteiger partial charge on any atom is 0.219 e. The molecule has 2 fully saturated rings. The van der Waals surface area contributed by atoms with E-state index in [-0.39, 0.29) is 17.9 Å². The summed E-state index contributed by atoms with van der Waals surface area (Å²) < 4.78 is 5.52. The van der Waals surface area contributed by atoms with Gasteiger partial charge >= 0.3 is 0 Å². The quantitative estimate of drug-likeness (QED) is 0.914. The van der Waals surface area contributed by atoms with Crippen LogP contribution in [0.25, 0.3) is 0 Å². The molecule has 1 aliphatic heterocycles. The first-order valence-electron chi connectivity index (χ1n) is 8.19. The lowest BCUT2D eigenvalue weighted by atomic mass is 9.66. The zero-order chi connectivity index (χ0) is 15.7. The molecule has 4 heteroatoms. The van der Waals surface area contributed by atoms with E-state index in [0.717, 1.165) is 37.0 Å². The highest BCUT2D eigenvalue weighted by atomic mass is 16.5. The van der Waals surface area contributed by atoms with Crippen molar-refractivity contribution in [2.45, 2.75) is 50.7 Å². The molecule has 1 saturated heterocycles. The number of rotatable bonds is 2. The number of hydrogen-bond donors (Lipinski definition) is 1. The molecule has 4 nitrogen and oxygen atoms in total. The van der Waals surface area contributed by atoms with Crippen LogP contribution in [0.3, 0.4) is 0 Å². The summed E-state index contributed by atoms with van der Waals surface area (Å²) in [6.07, 6.45) is 4.68. The molecule has 22 heavy (non-hydrogen) atoms. The monoisotopic (exact) mass is 303 g/mol. The third-order valence-corrected chi connectivity index (χ3v) is 5.43. The summed E-state index contributed by atoms with van der Waals surface area (Å²) in [6, 6.07) is 7.79. The number of benzene rings is 1. The highest BCUT2D eigenvalue weighted by Crippen LogP contribution is 2.50. The van der Waals surface area contributed by atoms with Gasteiger partial charge in [-0.2, -0.15) is 0 Å². The average Bonchev–Trinajstić information content (AvgIpc) is 2.53. The second-order valence-corrected chi connectivity index (χ2v) is 6.61. The number of methoxy groups -OCH3 is 1. The van der Waals surface area contributed by atoms with Crippen LogP contribution in [0.1, 0.15) is 50.6 Å². The first-order chi connectivity index (χ1) is 10.6. The van der Waals surface area contributed by atoms with Gasteiger partial charge in [0.2, 0.25) is 5.91 Å². The third-order valence-electron chi connectivity index (χ3n) is 5.43. The normalized spacial score (nSPS) is 31.5. The van der Waals surface area contributed by atoms with Crippen LogP contribution in [0.15, 0.2) is 24.3 Å². The van der Waals surface area contributed by atoms with E-state index in [2.05, 4.69) is 0 Å². The summed E-state index contributed by atoms with van der Waals surface area (Å²) >= 11 is 0. The molecule has 1 aromatic carbocycles. The topological polar surface area (TPSA) is 49.8 Å². The smallest absolute Gasteiger partial charge is 0.219 e. The number of nitrogens with zero attached hydrogens (tertiary/aromatic N) is 1. The minimum Gasteiger partial charge on any atom is -0.496 e. The van der Waals surface area contributed by atoms with E-state index in [0.29, 0.717) is 13.0 Å². The first kappa shape index (κ1) is 15.3. The van der Waals surface area contributed by atoms with Gasteiger partial charge in [0.15, 0.2) is 0 Å². The predicted octanol–water partition coefficient (Wildman–Crippen LogP) is 2.91. The SMILES string of the molecule is COc1ccccc1[C@H]1[C@H]2CCCC[C@@]2(O)CCN1C(C)=O. The Morgan fingerprint density at radius 2 is 2.09 bits per heavy atom. The fraction of sp³-hybridized carbons (Fsp3) is 0.611. The Bertz CT molecular complexity index is 559. The van der Waals surface area contributed by atoms with Gasteiger partial charge in [0.25, 0.3) is 0 Å². The van der Waals surface area contributed by atoms with Gasteiger partial charge in [-0.1, -0.05) is 31.0 Å². The van der Waals surface area contributed by atoms with E-state index in [1.807, 2.05) is 29.2 Å². The molecule has 1 aromatic rings. The van der Waals surface area contributed by atoms with Crippen LogP contribution >= 0.6 is 0 Å². The van der Waals surface area contributed by atoms with Crippen molar-refractivity contribution in [3.05, 3.63) is 29.8 Å². The molecule has 3 atom stereocenters. The van der Waals surface area contributed by atoms with Gasteiger partial charge in [0.05, 0.1) is 18.8 Å². The number of carbonyl (C=O) groups is 1. The lowest BCUT2D eigenvalue weighted by molar-refractivity contribution is -0.153. The predicted molar refractivity (Wildman–Crippen MR) is 84.6 cm³/mol. The van der Waals surface area contributed by atoms with Crippen molar-refractivity contribution in [3.63, 3.8) is 0 Å². The molecule has 0 bridgehead atoms. The standard InChI is InChI=1S/C18H25NO3/c1-13(20)19-12-11-18(21)10-6-5-8-15(18)17(19)14-7-3-4-9-16(14)22-2/h3-4,7,9,15,17,21H,5-6,8,10-12H2,1-2H3/t15-,17+,18-/m1/s1. The fourth-order valence-corrected chi connectivity index (χ4v) is 4.33. The highest BCUT2D eigenvalue weighted by Gasteiger charge is 2.50. The highest BCUT2D eigenvalue weighted by molar-refractivity contribution is 5.74. The van der Waals surface area contributed by atoms with Gasteiger partial charge in [-0.3, -0.25) is 4.79 Å². The van der Waals surface area contributed by atoms with Crippen LogP contribution in [0.5, 0.6) is 5.75 Å². The molecule has 2 aliphatic rings. The molecule has 1 aliphatic carbocycles. The molecule has 3 rings (SSSR count). The van der Waals surface area contributed by atoms with Gasteiger partial charge < -0.3 is 14.7 Å². The van der Waals surface area contributed by atoms with E-state index >= 15 is 0 Å². The number of ether oxygens (including phenoxy) is 1. The Labute approximate surface area is 132 Å². The summed E-state index contributed by atoms with van der Waals surface area (Å²) in [5.74, 6) is 0.965. The number of likely N-dealkylation sites (tertiary alicyclic amines) is 1. The Morgan fingerprint density at radius 1 is 1.32 bits per heavy atom. The van der Waals surface area contributed by atoms with Crippen molar-refractivity contribution in [1.82, 2.24) is 4.90 Å². The number of aliphatic hydroxyl groups is 1. The van der Waals surface area contributed by atoms with Gasteiger partial charge in [-0.15, -0.1) is 0 Å². The third kappa shape index (κ3) is 2.50. The Balaban J connectivity index is 2.06. The van der Waals surface area contributed by atoms with E-state index in [4.69, 9.17) is 4.74 Å². The molecule has 0 radical (unpaired) electrons. The zero-order valence-electron chi connectivity index (χ0n) is 13.4. The Morgan fingerprint density at radius 3 is 2.82 bits per heavy atom. The van der Waals surface area contributed by atoms with Crippen LogP contribution in [-0.2, 0) is 4.79 Å². The van der Waals surface area contributed by atoms with Gasteiger partial charge in [-0.25, -0.2) is 0 Å². The summed E-state index contributed by atoms with van der Waals surface area (Å²) in [6.45, 7) is 2.24. The van der Waals surface area contributed by atoms with Crippen LogP contribution in [0, 0.1) is 5.92 Å². The summed E-state index contributed by atoms with van der Waals surface area (Å²) in [5.41, 5.74) is 0.376. The summed E-state index contributed by atoms with van der Waals surface area (Å²) in [5, 5.41) is 11.1. The van der Waals surface area contributed by atoms with Crippen LogP contribution in [-0.4, -0.2) is 35.2 Å². The largest absolute Gasteiger partial charge is 0.496 e. The minimum atomic E-state index is -0.643. The fourth-order valence-electron chi connectivity index (χ4n) is 4.33. The molecule has 0 spiro atoms. The number of piperidine rings is 1. The first-order valence-corrected chi connectivity index (χ1v) is 8.19. The number of carbonyl (C=O) groups excluding carboxylic acids is 1. The van der Waals surface area contributed by atoms with Crippen LogP contribution < -0.4 is 4.74 Å². The number of para-hydroxylation sites is 1. The number of fused-ring (bicyclic) bond motifs is 1. The molecule has 0 aromatic heterocycles. The number of hydrogen-bond acceptors (Lipinski definition) is 3. The lowest BCUT2D eigenvalue weighted by Gasteiger charge is -2.52. The van der Waals surface area contributed by atoms with Crippen LogP contribution in [0.2, 0.25) is 0 Å². The Hall–Kier alpha value is -1.55. The molecular formula is C18H25NO3. The summed E-state index contributed by atoms with van der Waals surface area (Å²) in [7, 11) is 1.66.